The molecule has 1 aliphatic rings. The summed E-state index contributed by atoms with van der Waals surface area (Å²) in [7, 11) is 0. The lowest BCUT2D eigenvalue weighted by molar-refractivity contribution is -0.0472. The summed E-state index contributed by atoms with van der Waals surface area (Å²) in [6.45, 7) is 1.95. The molecule has 30 heavy (non-hydrogen) atoms. The Morgan fingerprint density at radius 1 is 1.17 bits per heavy atom. The molecule has 0 spiro atoms. The molecule has 5 rings (SSSR count). The highest BCUT2D eigenvalue weighted by Crippen LogP contribution is 2.34. The van der Waals surface area contributed by atoms with Crippen LogP contribution in [-0.4, -0.2) is 54.7 Å². The van der Waals surface area contributed by atoms with Crippen LogP contribution in [0.25, 0.3) is 21.9 Å². The van der Waals surface area contributed by atoms with Gasteiger partial charge in [0.15, 0.2) is 6.23 Å². The third-order valence-electron chi connectivity index (χ3n) is 5.43. The van der Waals surface area contributed by atoms with Gasteiger partial charge in [0, 0.05) is 23.8 Å². The fraction of sp³-hybridized carbons (Fsp3) is 0.286. The van der Waals surface area contributed by atoms with Gasteiger partial charge in [0.1, 0.15) is 48.5 Å². The second-order valence-electron chi connectivity index (χ2n) is 7.39. The Kier molecular flexibility index (Phi) is 4.50. The van der Waals surface area contributed by atoms with Crippen molar-refractivity contribution in [2.75, 3.05) is 12.3 Å². The van der Waals surface area contributed by atoms with Crippen LogP contribution in [0.15, 0.2) is 49.1 Å². The number of nitrogens with zero attached hydrogens (tertiary/aromatic N) is 4. The van der Waals surface area contributed by atoms with Gasteiger partial charge in [-0.25, -0.2) is 9.97 Å². The summed E-state index contributed by atoms with van der Waals surface area (Å²) in [5, 5.41) is 22.9. The molecule has 9 heteroatoms. The van der Waals surface area contributed by atoms with E-state index in [1.807, 2.05) is 37.3 Å². The molecule has 9 nitrogen and oxygen atoms in total. The lowest BCUT2D eigenvalue weighted by Crippen LogP contribution is -2.34. The van der Waals surface area contributed by atoms with E-state index in [-0.39, 0.29) is 6.61 Å². The van der Waals surface area contributed by atoms with E-state index < -0.39 is 24.5 Å². The number of aliphatic hydroxyl groups is 2. The van der Waals surface area contributed by atoms with Crippen LogP contribution in [0.3, 0.4) is 0 Å². The summed E-state index contributed by atoms with van der Waals surface area (Å²) in [5.74, 6) is 0.965. The minimum Gasteiger partial charge on any atom is -0.491 e. The Labute approximate surface area is 171 Å². The minimum absolute atomic E-state index is 0.0718. The van der Waals surface area contributed by atoms with E-state index in [0.29, 0.717) is 22.6 Å². The number of aryl methyl sites for hydroxylation is 1. The normalized spacial score (nSPS) is 24.0. The maximum absolute atomic E-state index is 10.6. The Hall–Kier alpha value is -3.27. The number of nitrogen functional groups attached to an aromatic ring is 1. The van der Waals surface area contributed by atoms with Crippen LogP contribution in [0.5, 0.6) is 5.75 Å². The lowest BCUT2D eigenvalue weighted by Gasteiger charge is -2.17. The summed E-state index contributed by atoms with van der Waals surface area (Å²) in [6.07, 6.45) is 1.05. The molecule has 1 aromatic carbocycles. The van der Waals surface area contributed by atoms with Gasteiger partial charge in [-0.05, 0) is 30.7 Å². The van der Waals surface area contributed by atoms with Gasteiger partial charge in [-0.3, -0.25) is 4.98 Å². The average Bonchev–Trinajstić information content (AvgIpc) is 3.24. The van der Waals surface area contributed by atoms with E-state index in [2.05, 4.69) is 15.0 Å². The number of aromatic nitrogens is 4. The van der Waals surface area contributed by atoms with Gasteiger partial charge in [-0.15, -0.1) is 0 Å². The van der Waals surface area contributed by atoms with Crippen LogP contribution in [-0.2, 0) is 4.74 Å². The molecule has 4 atom stereocenters. The van der Waals surface area contributed by atoms with E-state index in [0.717, 1.165) is 16.5 Å². The number of fused-ring (bicyclic) bond motifs is 2. The van der Waals surface area contributed by atoms with Gasteiger partial charge in [0.05, 0.1) is 10.9 Å². The molecule has 0 amide bonds. The minimum atomic E-state index is -1.15. The first-order chi connectivity index (χ1) is 14.5. The Morgan fingerprint density at radius 3 is 2.90 bits per heavy atom. The zero-order valence-corrected chi connectivity index (χ0v) is 16.2. The van der Waals surface area contributed by atoms with Crippen LogP contribution in [0.1, 0.15) is 11.8 Å². The maximum atomic E-state index is 10.6. The van der Waals surface area contributed by atoms with Gasteiger partial charge in [-0.2, -0.15) is 0 Å². The standard InChI is InChI=1S/C21H21N5O4/c1-11-8-26(20-16(11)19(22)24-10-25-20)21-18(28)17(27)15(30-21)9-29-13-5-4-12-3-2-6-23-14(12)7-13/h2-8,10,15,17-18,21,27-28H,9H2,1H3,(H2,22,24,25)/t15-,17-,18-,21-/m1/s1. The summed E-state index contributed by atoms with van der Waals surface area (Å²) >= 11 is 0. The molecule has 0 radical (unpaired) electrons. The Morgan fingerprint density at radius 2 is 2.03 bits per heavy atom. The molecule has 4 heterocycles. The van der Waals surface area contributed by atoms with Crippen molar-refractivity contribution in [2.45, 2.75) is 31.5 Å². The largest absolute Gasteiger partial charge is 0.491 e. The molecule has 1 saturated heterocycles. The van der Waals surface area contributed by atoms with Crippen LogP contribution >= 0.6 is 0 Å². The van der Waals surface area contributed by atoms with Crippen LogP contribution in [0.4, 0.5) is 5.82 Å². The highest BCUT2D eigenvalue weighted by molar-refractivity contribution is 5.89. The lowest BCUT2D eigenvalue weighted by atomic mass is 10.1. The zero-order chi connectivity index (χ0) is 20.8. The van der Waals surface area contributed by atoms with Gasteiger partial charge >= 0.3 is 0 Å². The SMILES string of the molecule is Cc1cn([C@@H]2O[C@H](COc3ccc4cccnc4c3)[C@@H](O)[C@H]2O)c2ncnc(N)c12. The van der Waals surface area contributed by atoms with E-state index >= 15 is 0 Å². The van der Waals surface area contributed by atoms with Crippen molar-refractivity contribution < 1.29 is 19.7 Å². The van der Waals surface area contributed by atoms with Gasteiger partial charge in [-0.1, -0.05) is 6.07 Å². The number of nitrogens with two attached hydrogens (primary N) is 1. The van der Waals surface area contributed by atoms with Crippen molar-refractivity contribution in [3.05, 3.63) is 54.6 Å². The molecule has 4 N–H and O–H groups in total. The van der Waals surface area contributed by atoms with Crippen LogP contribution in [0.2, 0.25) is 0 Å². The first-order valence-corrected chi connectivity index (χ1v) is 9.59. The molecule has 0 saturated carbocycles. The summed E-state index contributed by atoms with van der Waals surface area (Å²) in [5.41, 5.74) is 8.18. The van der Waals surface area contributed by atoms with Crippen molar-refractivity contribution in [1.82, 2.24) is 19.5 Å². The molecular formula is C21H21N5O4. The van der Waals surface area contributed by atoms with E-state index in [1.165, 1.54) is 6.33 Å². The van der Waals surface area contributed by atoms with Crippen molar-refractivity contribution in [1.29, 1.82) is 0 Å². The molecule has 0 unspecified atom stereocenters. The third-order valence-corrected chi connectivity index (χ3v) is 5.43. The number of hydrogen-bond acceptors (Lipinski definition) is 8. The van der Waals surface area contributed by atoms with Crippen molar-refractivity contribution in [3.63, 3.8) is 0 Å². The molecule has 1 aliphatic heterocycles. The zero-order valence-electron chi connectivity index (χ0n) is 16.2. The van der Waals surface area contributed by atoms with E-state index in [9.17, 15) is 10.2 Å². The number of ether oxygens (including phenoxy) is 2. The molecule has 0 bridgehead atoms. The average molecular weight is 407 g/mol. The molecule has 154 valence electrons. The molecule has 4 aromatic rings. The molecular weight excluding hydrogens is 386 g/mol. The predicted octanol–water partition coefficient (Wildman–Crippen LogP) is 1.57. The monoisotopic (exact) mass is 407 g/mol. The molecule has 1 fully saturated rings. The summed E-state index contributed by atoms with van der Waals surface area (Å²) in [4.78, 5) is 12.6. The van der Waals surface area contributed by atoms with Crippen molar-refractivity contribution in [3.8, 4) is 5.75 Å². The van der Waals surface area contributed by atoms with Crippen molar-refractivity contribution in [2.24, 2.45) is 0 Å². The first kappa shape index (κ1) is 18.7. The topological polar surface area (TPSA) is 129 Å². The fourth-order valence-corrected chi connectivity index (χ4v) is 3.90. The van der Waals surface area contributed by atoms with Crippen LogP contribution < -0.4 is 10.5 Å². The highest BCUT2D eigenvalue weighted by Gasteiger charge is 2.44. The van der Waals surface area contributed by atoms with Crippen molar-refractivity contribution >= 4 is 27.8 Å². The summed E-state index contributed by atoms with van der Waals surface area (Å²) in [6, 6.07) is 9.42. The Bertz CT molecular complexity index is 1230. The third kappa shape index (κ3) is 3.04. The maximum Gasteiger partial charge on any atom is 0.164 e. The van der Waals surface area contributed by atoms with Crippen LogP contribution in [0, 0.1) is 6.92 Å². The number of aliphatic hydroxyl groups excluding tert-OH is 2. The number of benzene rings is 1. The molecule has 3 aromatic heterocycles. The quantitative estimate of drug-likeness (QED) is 0.465. The Balaban J connectivity index is 1.36. The number of anilines is 1. The van der Waals surface area contributed by atoms with Gasteiger partial charge in [0.25, 0.3) is 0 Å². The smallest absolute Gasteiger partial charge is 0.164 e. The summed E-state index contributed by atoms with van der Waals surface area (Å²) < 4.78 is 13.5. The highest BCUT2D eigenvalue weighted by atomic mass is 16.6. The van der Waals surface area contributed by atoms with Gasteiger partial charge in [0.2, 0.25) is 0 Å². The number of rotatable bonds is 4. The van der Waals surface area contributed by atoms with E-state index in [4.69, 9.17) is 15.2 Å². The van der Waals surface area contributed by atoms with Gasteiger partial charge < -0.3 is 30.0 Å². The predicted molar refractivity (Wildman–Crippen MR) is 110 cm³/mol. The molecule has 0 aliphatic carbocycles. The first-order valence-electron chi connectivity index (χ1n) is 9.59. The second-order valence-corrected chi connectivity index (χ2v) is 7.39. The second kappa shape index (κ2) is 7.21. The van der Waals surface area contributed by atoms with E-state index in [1.54, 1.807) is 17.0 Å². The number of hydrogen-bond donors (Lipinski definition) is 3. The number of pyridine rings is 1. The fourth-order valence-electron chi connectivity index (χ4n) is 3.90.